The third-order valence-corrected chi connectivity index (χ3v) is 12.4. The highest BCUT2D eigenvalue weighted by atomic mass is 32.2. The molecule has 1 aliphatic heterocycles. The van der Waals surface area contributed by atoms with Crippen LogP contribution in [0.1, 0.15) is 33.1 Å². The number of ether oxygens (including phenoxy) is 1. The molecular formula is C26H30FN3O4SSi. The summed E-state index contributed by atoms with van der Waals surface area (Å²) in [6.07, 6.45) is 1.06. The van der Waals surface area contributed by atoms with Crippen LogP contribution in [-0.4, -0.2) is 42.4 Å². The highest BCUT2D eigenvalue weighted by molar-refractivity contribution is 8.00. The number of nitrogens with one attached hydrogen (secondary N) is 1. The molecule has 3 aromatic rings. The van der Waals surface area contributed by atoms with Gasteiger partial charge in [0.25, 0.3) is 8.32 Å². The Hall–Kier alpha value is -2.79. The highest BCUT2D eigenvalue weighted by Crippen LogP contribution is 2.39. The zero-order valence-corrected chi connectivity index (χ0v) is 22.5. The Kier molecular flexibility index (Phi) is 7.79. The van der Waals surface area contributed by atoms with E-state index in [1.165, 1.54) is 33.6 Å². The van der Waals surface area contributed by atoms with Crippen molar-refractivity contribution in [1.82, 2.24) is 9.55 Å². The van der Waals surface area contributed by atoms with Crippen LogP contribution in [0.15, 0.2) is 71.7 Å². The van der Waals surface area contributed by atoms with Crippen molar-refractivity contribution in [1.29, 1.82) is 0 Å². The van der Waals surface area contributed by atoms with Crippen LogP contribution in [0.5, 0.6) is 0 Å². The van der Waals surface area contributed by atoms with Crippen LogP contribution in [0.25, 0.3) is 0 Å². The minimum Gasteiger partial charge on any atom is -0.404 e. The Labute approximate surface area is 215 Å². The lowest BCUT2D eigenvalue weighted by molar-refractivity contribution is -0.114. The minimum atomic E-state index is -2.74. The van der Waals surface area contributed by atoms with E-state index in [2.05, 4.69) is 55.3 Å². The Balaban J connectivity index is 1.58. The molecule has 0 saturated carbocycles. The number of benzene rings is 2. The van der Waals surface area contributed by atoms with Crippen LogP contribution in [0.3, 0.4) is 0 Å². The SMILES string of the molecule is CC(=O)Nc1nc(=O)n([C@@H]2CO[C@@H](CO[Si](c3ccccc3)(c3ccccc3)C(C)(C)C)S2)cc1F. The first-order valence-electron chi connectivity index (χ1n) is 11.7. The quantitative estimate of drug-likeness (QED) is 0.474. The van der Waals surface area contributed by atoms with Crippen molar-refractivity contribution in [2.45, 2.75) is 43.5 Å². The van der Waals surface area contributed by atoms with Crippen molar-refractivity contribution in [3.8, 4) is 0 Å². The van der Waals surface area contributed by atoms with Crippen LogP contribution in [0.2, 0.25) is 5.04 Å². The molecule has 7 nitrogen and oxygen atoms in total. The molecule has 1 fully saturated rings. The van der Waals surface area contributed by atoms with Gasteiger partial charge < -0.3 is 14.5 Å². The fraction of sp³-hybridized carbons (Fsp3) is 0.346. The van der Waals surface area contributed by atoms with Crippen LogP contribution in [0, 0.1) is 5.82 Å². The molecule has 2 aromatic carbocycles. The average molecular weight is 528 g/mol. The number of halogens is 1. The maximum absolute atomic E-state index is 14.4. The van der Waals surface area contributed by atoms with E-state index in [0.717, 1.165) is 6.20 Å². The molecule has 1 aromatic heterocycles. The van der Waals surface area contributed by atoms with Gasteiger partial charge in [0, 0.05) is 13.1 Å². The minimum absolute atomic E-state index is 0.179. The Bertz CT molecular complexity index is 1230. The van der Waals surface area contributed by atoms with Crippen molar-refractivity contribution in [3.63, 3.8) is 0 Å². The summed E-state index contributed by atoms with van der Waals surface area (Å²) < 4.78 is 28.5. The first-order valence-corrected chi connectivity index (χ1v) is 14.6. The molecule has 0 spiro atoms. The average Bonchev–Trinajstić information content (AvgIpc) is 3.30. The van der Waals surface area contributed by atoms with Crippen LogP contribution in [-0.2, 0) is 14.0 Å². The molecule has 4 rings (SSSR count). The van der Waals surface area contributed by atoms with Gasteiger partial charge in [-0.2, -0.15) is 4.98 Å². The Morgan fingerprint density at radius 3 is 2.28 bits per heavy atom. The van der Waals surface area contributed by atoms with Gasteiger partial charge in [-0.05, 0) is 15.4 Å². The molecule has 0 aliphatic carbocycles. The molecule has 1 amide bonds. The molecule has 0 radical (unpaired) electrons. The third kappa shape index (κ3) is 5.31. The number of hydrogen-bond donors (Lipinski definition) is 1. The highest BCUT2D eigenvalue weighted by Gasteiger charge is 2.50. The van der Waals surface area contributed by atoms with Gasteiger partial charge in [-0.3, -0.25) is 9.36 Å². The molecule has 0 unspecified atom stereocenters. The van der Waals surface area contributed by atoms with E-state index >= 15 is 0 Å². The van der Waals surface area contributed by atoms with E-state index < -0.39 is 31.1 Å². The van der Waals surface area contributed by atoms with E-state index in [-0.39, 0.29) is 22.9 Å². The zero-order chi connectivity index (χ0) is 25.9. The maximum Gasteiger partial charge on any atom is 0.350 e. The van der Waals surface area contributed by atoms with E-state index in [4.69, 9.17) is 9.16 Å². The number of hydrogen-bond acceptors (Lipinski definition) is 6. The lowest BCUT2D eigenvalue weighted by Crippen LogP contribution is -2.67. The predicted octanol–water partition coefficient (Wildman–Crippen LogP) is 3.51. The normalized spacial score (nSPS) is 18.2. The van der Waals surface area contributed by atoms with Crippen LogP contribution < -0.4 is 21.4 Å². The van der Waals surface area contributed by atoms with Crippen molar-refractivity contribution in [2.24, 2.45) is 0 Å². The molecule has 0 bridgehead atoms. The first-order chi connectivity index (χ1) is 17.1. The van der Waals surface area contributed by atoms with Gasteiger partial charge in [0.1, 0.15) is 10.8 Å². The van der Waals surface area contributed by atoms with Gasteiger partial charge in [-0.15, -0.1) is 11.8 Å². The Morgan fingerprint density at radius 1 is 1.17 bits per heavy atom. The fourth-order valence-corrected chi connectivity index (χ4v) is 10.3. The van der Waals surface area contributed by atoms with Gasteiger partial charge in [-0.1, -0.05) is 81.4 Å². The lowest BCUT2D eigenvalue weighted by atomic mass is 10.2. The molecule has 1 N–H and O–H groups in total. The largest absolute Gasteiger partial charge is 0.404 e. The van der Waals surface area contributed by atoms with Gasteiger partial charge in [-0.25, -0.2) is 9.18 Å². The summed E-state index contributed by atoms with van der Waals surface area (Å²) in [5.74, 6) is -1.66. The number of thioether (sulfide) groups is 1. The van der Waals surface area contributed by atoms with Crippen molar-refractivity contribution in [3.05, 3.63) is 83.2 Å². The second-order valence-corrected chi connectivity index (χ2v) is 15.3. The predicted molar refractivity (Wildman–Crippen MR) is 143 cm³/mol. The second kappa shape index (κ2) is 10.7. The number of amides is 1. The fourth-order valence-electron chi connectivity index (χ4n) is 4.54. The van der Waals surface area contributed by atoms with Gasteiger partial charge in [0.2, 0.25) is 5.91 Å². The van der Waals surface area contributed by atoms with Crippen molar-refractivity contribution in [2.75, 3.05) is 18.5 Å². The molecule has 1 saturated heterocycles. The van der Waals surface area contributed by atoms with Gasteiger partial charge in [0.05, 0.1) is 13.2 Å². The molecule has 10 heteroatoms. The topological polar surface area (TPSA) is 82.5 Å². The number of carbonyl (C=O) groups excluding carboxylic acids is 1. The maximum atomic E-state index is 14.4. The van der Waals surface area contributed by atoms with Gasteiger partial charge in [0.15, 0.2) is 11.6 Å². The van der Waals surface area contributed by atoms with E-state index in [0.29, 0.717) is 6.61 Å². The lowest BCUT2D eigenvalue weighted by Gasteiger charge is -2.43. The molecule has 2 heterocycles. The van der Waals surface area contributed by atoms with Crippen molar-refractivity contribution < 1.29 is 18.3 Å². The molecule has 2 atom stereocenters. The molecule has 1 aliphatic rings. The van der Waals surface area contributed by atoms with Gasteiger partial charge >= 0.3 is 5.69 Å². The number of rotatable bonds is 7. The summed E-state index contributed by atoms with van der Waals surface area (Å²) >= 11 is 1.39. The zero-order valence-electron chi connectivity index (χ0n) is 20.7. The summed E-state index contributed by atoms with van der Waals surface area (Å²) in [4.78, 5) is 27.4. The van der Waals surface area contributed by atoms with Crippen LogP contribution >= 0.6 is 11.8 Å². The van der Waals surface area contributed by atoms with E-state index in [1.807, 2.05) is 36.4 Å². The number of anilines is 1. The third-order valence-electron chi connectivity index (χ3n) is 6.10. The molecular weight excluding hydrogens is 497 g/mol. The summed E-state index contributed by atoms with van der Waals surface area (Å²) in [5, 5.41) is 3.92. The van der Waals surface area contributed by atoms with E-state index in [1.54, 1.807) is 0 Å². The standard InChI is InChI=1S/C26H30FN3O4SSi/c1-18(31)28-24-21(27)15-30(25(32)29-24)22-16-33-23(35-22)17-34-36(26(2,3)4,19-11-7-5-8-12-19)20-13-9-6-10-14-20/h5-15,22-23H,16-17H2,1-4H3,(H,28,29,31,32)/t22-,23+/m0/s1. The molecule has 36 heavy (non-hydrogen) atoms. The Morgan fingerprint density at radius 2 is 1.75 bits per heavy atom. The smallest absolute Gasteiger partial charge is 0.350 e. The summed E-state index contributed by atoms with van der Waals surface area (Å²) in [6, 6.07) is 20.6. The molecule has 190 valence electrons. The number of nitrogens with zero attached hydrogens (tertiary/aromatic N) is 2. The number of aromatic nitrogens is 2. The van der Waals surface area contributed by atoms with Crippen LogP contribution in [0.4, 0.5) is 10.2 Å². The summed E-state index contributed by atoms with van der Waals surface area (Å²) in [7, 11) is -2.74. The summed E-state index contributed by atoms with van der Waals surface area (Å²) in [6.45, 7) is 8.35. The second-order valence-electron chi connectivity index (χ2n) is 9.64. The van der Waals surface area contributed by atoms with E-state index in [9.17, 15) is 14.0 Å². The first kappa shape index (κ1) is 26.3. The monoisotopic (exact) mass is 527 g/mol. The number of carbonyl (C=O) groups is 1. The van der Waals surface area contributed by atoms with Crippen molar-refractivity contribution >= 4 is 42.2 Å². The summed E-state index contributed by atoms with van der Waals surface area (Å²) in [5.41, 5.74) is -1.00.